The van der Waals surface area contributed by atoms with Crippen LogP contribution in [0.5, 0.6) is 11.5 Å². The third-order valence-corrected chi connectivity index (χ3v) is 10.7. The van der Waals surface area contributed by atoms with Crippen molar-refractivity contribution in [2.24, 2.45) is 5.92 Å². The summed E-state index contributed by atoms with van der Waals surface area (Å²) in [6.07, 6.45) is 4.38. The van der Waals surface area contributed by atoms with E-state index in [0.717, 1.165) is 24.2 Å². The van der Waals surface area contributed by atoms with Gasteiger partial charge in [-0.15, -0.1) is 11.8 Å². The first-order valence-electron chi connectivity index (χ1n) is 12.9. The highest BCUT2D eigenvalue weighted by Gasteiger charge is 2.31. The van der Waals surface area contributed by atoms with Gasteiger partial charge in [-0.2, -0.15) is 14.1 Å². The third kappa shape index (κ3) is 6.54. The minimum absolute atomic E-state index is 0.0553. The van der Waals surface area contributed by atoms with E-state index in [1.807, 2.05) is 4.90 Å². The summed E-state index contributed by atoms with van der Waals surface area (Å²) >= 11 is 7.37. The molecule has 1 aromatic heterocycles. The highest BCUT2D eigenvalue weighted by molar-refractivity contribution is 8.11. The van der Waals surface area contributed by atoms with E-state index in [0.29, 0.717) is 35.4 Å². The summed E-state index contributed by atoms with van der Waals surface area (Å²) in [5, 5.41) is 14.3. The molecule has 208 valence electrons. The Bertz CT molecular complexity index is 1470. The lowest BCUT2D eigenvalue weighted by Crippen LogP contribution is -2.49. The van der Waals surface area contributed by atoms with Gasteiger partial charge in [-0.1, -0.05) is 24.6 Å². The van der Waals surface area contributed by atoms with Crippen LogP contribution in [-0.4, -0.2) is 65.0 Å². The Morgan fingerprint density at radius 1 is 1.10 bits per heavy atom. The molecule has 0 amide bonds. The molecule has 9 nitrogen and oxygen atoms in total. The van der Waals surface area contributed by atoms with Gasteiger partial charge in [-0.25, -0.2) is 8.42 Å². The maximum Gasteiger partial charge on any atom is 0.316 e. The molecule has 2 unspecified atom stereocenters. The van der Waals surface area contributed by atoms with Gasteiger partial charge in [0, 0.05) is 36.1 Å². The van der Waals surface area contributed by atoms with Crippen LogP contribution in [0.15, 0.2) is 64.4 Å². The number of nitrogens with zero attached hydrogens (tertiary/aromatic N) is 4. The second-order valence-corrected chi connectivity index (χ2v) is 13.8. The van der Waals surface area contributed by atoms with Gasteiger partial charge >= 0.3 is 5.56 Å². The van der Waals surface area contributed by atoms with Crippen LogP contribution in [0.2, 0.25) is 5.02 Å². The number of hydrogen-bond donors (Lipinski definition) is 1. The van der Waals surface area contributed by atoms with Gasteiger partial charge in [0.05, 0.1) is 18.0 Å². The molecule has 0 radical (unpaired) electrons. The Balaban J connectivity index is 1.34. The SMILES string of the molecule is CC1CCC(Oc2c(N3CCN(S(=O)(=O)CSc4ccc(O)cc4)CC3)cnn(-c3cccc(Cl)c3)c2=O)C1. The summed E-state index contributed by atoms with van der Waals surface area (Å²) in [5.41, 5.74) is 0.758. The van der Waals surface area contributed by atoms with Crippen LogP contribution >= 0.6 is 23.4 Å². The van der Waals surface area contributed by atoms with Gasteiger partial charge in [0.25, 0.3) is 0 Å². The number of phenols is 1. The Labute approximate surface area is 237 Å². The van der Waals surface area contributed by atoms with Crippen LogP contribution in [0, 0.1) is 5.92 Å². The van der Waals surface area contributed by atoms with Crippen LogP contribution in [-0.2, 0) is 10.0 Å². The van der Waals surface area contributed by atoms with E-state index in [4.69, 9.17) is 16.3 Å². The van der Waals surface area contributed by atoms with E-state index in [1.54, 1.807) is 42.6 Å². The van der Waals surface area contributed by atoms with E-state index in [1.165, 1.54) is 32.9 Å². The average Bonchev–Trinajstić information content (AvgIpc) is 3.34. The van der Waals surface area contributed by atoms with E-state index in [2.05, 4.69) is 12.0 Å². The van der Waals surface area contributed by atoms with Crippen LogP contribution < -0.4 is 15.2 Å². The maximum atomic E-state index is 13.7. The second kappa shape index (κ2) is 11.8. The quantitative estimate of drug-likeness (QED) is 0.386. The van der Waals surface area contributed by atoms with Crippen molar-refractivity contribution in [1.29, 1.82) is 0 Å². The van der Waals surface area contributed by atoms with E-state index >= 15 is 0 Å². The summed E-state index contributed by atoms with van der Waals surface area (Å²) in [5.74, 6) is 0.908. The molecular weight excluding hydrogens is 560 g/mol. The molecule has 2 aliphatic rings. The number of aromatic hydroxyl groups is 1. The van der Waals surface area contributed by atoms with Gasteiger partial charge in [0.1, 0.15) is 16.5 Å². The van der Waals surface area contributed by atoms with Crippen LogP contribution in [0.25, 0.3) is 5.69 Å². The molecule has 1 N–H and O–H groups in total. The zero-order valence-electron chi connectivity index (χ0n) is 21.6. The van der Waals surface area contributed by atoms with Crippen molar-refractivity contribution in [2.75, 3.05) is 36.2 Å². The first-order valence-corrected chi connectivity index (χ1v) is 15.9. The predicted octanol–water partition coefficient (Wildman–Crippen LogP) is 4.36. The van der Waals surface area contributed by atoms with Gasteiger partial charge in [-0.3, -0.25) is 4.79 Å². The lowest BCUT2D eigenvalue weighted by molar-refractivity contribution is 0.201. The summed E-state index contributed by atoms with van der Waals surface area (Å²) < 4.78 is 35.2. The fraction of sp³-hybridized carbons (Fsp3) is 0.407. The molecule has 1 saturated heterocycles. The number of rotatable bonds is 8. The number of hydrogen-bond acceptors (Lipinski definition) is 8. The van der Waals surface area contributed by atoms with Crippen molar-refractivity contribution >= 4 is 39.1 Å². The number of anilines is 1. The van der Waals surface area contributed by atoms with Gasteiger partial charge < -0.3 is 14.7 Å². The fourth-order valence-electron chi connectivity index (χ4n) is 4.95. The Kier molecular flexibility index (Phi) is 8.41. The van der Waals surface area contributed by atoms with E-state index in [-0.39, 0.29) is 41.3 Å². The summed E-state index contributed by atoms with van der Waals surface area (Å²) in [6, 6.07) is 13.4. The van der Waals surface area contributed by atoms with Crippen molar-refractivity contribution in [2.45, 2.75) is 37.2 Å². The Morgan fingerprint density at radius 2 is 1.85 bits per heavy atom. The lowest BCUT2D eigenvalue weighted by Gasteiger charge is -2.36. The van der Waals surface area contributed by atoms with Gasteiger partial charge in [0.2, 0.25) is 15.8 Å². The maximum absolute atomic E-state index is 13.7. The largest absolute Gasteiger partial charge is 0.508 e. The molecule has 39 heavy (non-hydrogen) atoms. The van der Waals surface area contributed by atoms with Crippen LogP contribution in [0.1, 0.15) is 26.2 Å². The van der Waals surface area contributed by atoms with E-state index < -0.39 is 10.0 Å². The molecule has 1 aliphatic carbocycles. The molecule has 0 bridgehead atoms. The molecule has 1 saturated carbocycles. The summed E-state index contributed by atoms with van der Waals surface area (Å²) in [4.78, 5) is 16.4. The zero-order chi connectivity index (χ0) is 27.6. The third-order valence-electron chi connectivity index (χ3n) is 7.08. The number of piperazine rings is 1. The Morgan fingerprint density at radius 3 is 2.51 bits per heavy atom. The highest BCUT2D eigenvalue weighted by atomic mass is 35.5. The zero-order valence-corrected chi connectivity index (χ0v) is 24.0. The normalized spacial score (nSPS) is 20.3. The van der Waals surface area contributed by atoms with Crippen molar-refractivity contribution in [3.05, 3.63) is 70.1 Å². The molecule has 2 aromatic carbocycles. The first-order chi connectivity index (χ1) is 18.7. The van der Waals surface area contributed by atoms with Gasteiger partial charge in [-0.05, 0) is 67.6 Å². The molecule has 0 spiro atoms. The standard InChI is InChI=1S/C27H31ClN4O5S2/c1-19-5-8-23(15-19)37-26-25(17-29-32(27(26)34)21-4-2-3-20(28)16-21)30-11-13-31(14-12-30)39(35,36)18-38-24-9-6-22(33)7-10-24/h2-4,6-7,9-10,16-17,19,23,33H,5,8,11-15,18H2,1H3. The van der Waals surface area contributed by atoms with Crippen LogP contribution in [0.3, 0.4) is 0 Å². The molecule has 2 heterocycles. The summed E-state index contributed by atoms with van der Waals surface area (Å²) in [6.45, 7) is 3.57. The number of halogens is 1. The number of sulfonamides is 1. The number of ether oxygens (including phenoxy) is 1. The monoisotopic (exact) mass is 590 g/mol. The first kappa shape index (κ1) is 27.8. The van der Waals surface area contributed by atoms with E-state index in [9.17, 15) is 18.3 Å². The topological polar surface area (TPSA) is 105 Å². The van der Waals surface area contributed by atoms with Crippen molar-refractivity contribution in [3.8, 4) is 17.2 Å². The molecular formula is C27H31ClN4O5S2. The molecule has 2 fully saturated rings. The van der Waals surface area contributed by atoms with Crippen molar-refractivity contribution in [1.82, 2.24) is 14.1 Å². The Hall–Kier alpha value is -2.73. The average molecular weight is 591 g/mol. The second-order valence-electron chi connectivity index (χ2n) is 9.97. The lowest BCUT2D eigenvalue weighted by atomic mass is 10.1. The molecule has 3 aromatic rings. The summed E-state index contributed by atoms with van der Waals surface area (Å²) in [7, 11) is -3.51. The minimum Gasteiger partial charge on any atom is -0.508 e. The molecule has 12 heteroatoms. The van der Waals surface area contributed by atoms with Gasteiger partial charge in [0.15, 0.2) is 0 Å². The fourth-order valence-corrected chi connectivity index (χ4v) is 7.92. The highest BCUT2D eigenvalue weighted by Crippen LogP contribution is 2.33. The predicted molar refractivity (Wildman–Crippen MR) is 154 cm³/mol. The number of phenolic OH excluding ortho intramolecular Hbond substituents is 1. The van der Waals surface area contributed by atoms with Crippen molar-refractivity contribution in [3.63, 3.8) is 0 Å². The molecule has 2 atom stereocenters. The number of aromatic nitrogens is 2. The minimum atomic E-state index is -3.51. The van der Waals surface area contributed by atoms with Crippen LogP contribution in [0.4, 0.5) is 5.69 Å². The van der Waals surface area contributed by atoms with Crippen molar-refractivity contribution < 1.29 is 18.3 Å². The number of thioether (sulfide) groups is 1. The molecule has 5 rings (SSSR count). The number of benzene rings is 2. The molecule has 1 aliphatic heterocycles. The smallest absolute Gasteiger partial charge is 0.316 e.